The number of rotatable bonds is 0. The molecule has 4 rings (SSSR count). The van der Waals surface area contributed by atoms with Crippen LogP contribution >= 0.6 is 0 Å². The molecule has 3 nitrogen and oxygen atoms in total. The molecule has 22 heavy (non-hydrogen) atoms. The van der Waals surface area contributed by atoms with Gasteiger partial charge in [-0.3, -0.25) is 9.59 Å². The minimum absolute atomic E-state index is 0.0137. The van der Waals surface area contributed by atoms with Crippen molar-refractivity contribution in [2.24, 2.45) is 34.5 Å². The third-order valence-corrected chi connectivity index (χ3v) is 7.88. The summed E-state index contributed by atoms with van der Waals surface area (Å²) < 4.78 is 0. The SMILES string of the molecule is C[C@]12CC=C(O)C(=O)[C@@H]1CC[C@@H]1[C@@H]2CC[C@]2(C)C(=O)CC[C@@H]12. The van der Waals surface area contributed by atoms with Gasteiger partial charge in [0.2, 0.25) is 0 Å². The Kier molecular flexibility index (Phi) is 2.93. The van der Waals surface area contributed by atoms with Gasteiger partial charge in [0.05, 0.1) is 0 Å². The van der Waals surface area contributed by atoms with Crippen molar-refractivity contribution in [2.75, 3.05) is 0 Å². The molecule has 4 aliphatic rings. The van der Waals surface area contributed by atoms with Crippen molar-refractivity contribution in [2.45, 2.75) is 58.8 Å². The molecule has 0 aromatic carbocycles. The van der Waals surface area contributed by atoms with Crippen LogP contribution in [0.25, 0.3) is 0 Å². The number of fused-ring (bicyclic) bond motifs is 5. The average Bonchev–Trinajstić information content (AvgIpc) is 2.79. The van der Waals surface area contributed by atoms with Crippen molar-refractivity contribution < 1.29 is 14.7 Å². The Balaban J connectivity index is 1.70. The summed E-state index contributed by atoms with van der Waals surface area (Å²) in [7, 11) is 0. The Hall–Kier alpha value is -1.12. The number of ketones is 2. The molecule has 0 aromatic rings. The predicted octanol–water partition coefficient (Wildman–Crippen LogP) is 3.83. The largest absolute Gasteiger partial charge is 0.505 e. The zero-order valence-corrected chi connectivity index (χ0v) is 13.6. The molecule has 4 aliphatic carbocycles. The highest BCUT2D eigenvalue weighted by atomic mass is 16.3. The Bertz CT molecular complexity index is 577. The van der Waals surface area contributed by atoms with Gasteiger partial charge in [-0.15, -0.1) is 0 Å². The van der Waals surface area contributed by atoms with E-state index in [1.807, 2.05) is 0 Å². The molecule has 0 radical (unpaired) electrons. The fourth-order valence-corrected chi connectivity index (χ4v) is 6.55. The van der Waals surface area contributed by atoms with E-state index in [0.29, 0.717) is 23.5 Å². The second-order valence-corrected chi connectivity index (χ2v) is 8.59. The minimum Gasteiger partial charge on any atom is -0.505 e. The summed E-state index contributed by atoms with van der Waals surface area (Å²) in [5.74, 6) is 2.05. The van der Waals surface area contributed by atoms with Crippen molar-refractivity contribution in [1.29, 1.82) is 0 Å². The number of hydrogen-bond donors (Lipinski definition) is 1. The van der Waals surface area contributed by atoms with Crippen LogP contribution < -0.4 is 0 Å². The number of aliphatic hydroxyl groups excluding tert-OH is 1. The molecule has 6 atom stereocenters. The van der Waals surface area contributed by atoms with Gasteiger partial charge in [0.15, 0.2) is 11.5 Å². The number of carbonyl (C=O) groups excluding carboxylic acids is 2. The Morgan fingerprint density at radius 3 is 2.64 bits per heavy atom. The van der Waals surface area contributed by atoms with Gasteiger partial charge < -0.3 is 5.11 Å². The van der Waals surface area contributed by atoms with Crippen LogP contribution in [-0.4, -0.2) is 16.7 Å². The van der Waals surface area contributed by atoms with Gasteiger partial charge in [0.1, 0.15) is 5.78 Å². The summed E-state index contributed by atoms with van der Waals surface area (Å²) in [6, 6.07) is 0. The maximum Gasteiger partial charge on any atom is 0.200 e. The third kappa shape index (κ3) is 1.63. The van der Waals surface area contributed by atoms with Crippen LogP contribution in [0.4, 0.5) is 0 Å². The predicted molar refractivity (Wildman–Crippen MR) is 83.2 cm³/mol. The third-order valence-electron chi connectivity index (χ3n) is 7.88. The van der Waals surface area contributed by atoms with Crippen LogP contribution in [0.5, 0.6) is 0 Å². The quantitative estimate of drug-likeness (QED) is 0.740. The van der Waals surface area contributed by atoms with Gasteiger partial charge in [0, 0.05) is 17.8 Å². The van der Waals surface area contributed by atoms with Gasteiger partial charge >= 0.3 is 0 Å². The molecule has 0 saturated heterocycles. The van der Waals surface area contributed by atoms with Gasteiger partial charge in [-0.25, -0.2) is 0 Å². The fraction of sp³-hybridized carbons (Fsp3) is 0.789. The fourth-order valence-electron chi connectivity index (χ4n) is 6.55. The lowest BCUT2D eigenvalue weighted by Crippen LogP contribution is -2.54. The molecule has 3 saturated carbocycles. The van der Waals surface area contributed by atoms with Crippen LogP contribution in [0, 0.1) is 34.5 Å². The molecule has 3 heteroatoms. The number of Topliss-reactive ketones (excluding diaryl/α,β-unsaturated/α-hetero) is 2. The van der Waals surface area contributed by atoms with Crippen molar-refractivity contribution in [3.05, 3.63) is 11.8 Å². The summed E-state index contributed by atoms with van der Waals surface area (Å²) in [4.78, 5) is 24.8. The van der Waals surface area contributed by atoms with E-state index in [4.69, 9.17) is 0 Å². The smallest absolute Gasteiger partial charge is 0.200 e. The standard InChI is InChI=1S/C19H26O3/c1-18-10-8-15(20)17(22)14(18)4-3-11-12-5-6-16(21)19(12,2)9-7-13(11)18/h8,11-14,20H,3-7,9-10H2,1-2H3/t11-,12-,13-,14-,18+,19-/m0/s1. The summed E-state index contributed by atoms with van der Waals surface area (Å²) in [5, 5.41) is 9.82. The monoisotopic (exact) mass is 302 g/mol. The van der Waals surface area contributed by atoms with Crippen LogP contribution in [0.2, 0.25) is 0 Å². The zero-order valence-electron chi connectivity index (χ0n) is 13.6. The lowest BCUT2D eigenvalue weighted by Gasteiger charge is -2.58. The first kappa shape index (κ1) is 14.5. The van der Waals surface area contributed by atoms with E-state index in [9.17, 15) is 14.7 Å². The Morgan fingerprint density at radius 2 is 1.86 bits per heavy atom. The first-order chi connectivity index (χ1) is 10.4. The molecule has 0 aliphatic heterocycles. The maximum absolute atomic E-state index is 12.4. The van der Waals surface area contributed by atoms with E-state index < -0.39 is 0 Å². The van der Waals surface area contributed by atoms with Crippen molar-refractivity contribution >= 4 is 11.6 Å². The molecular formula is C19H26O3. The van der Waals surface area contributed by atoms with Gasteiger partial charge in [-0.05, 0) is 67.8 Å². The average molecular weight is 302 g/mol. The van der Waals surface area contributed by atoms with Crippen LogP contribution in [0.15, 0.2) is 11.8 Å². The normalized spacial score (nSPS) is 50.9. The molecule has 0 aromatic heterocycles. The second kappa shape index (κ2) is 4.46. The molecule has 0 unspecified atom stereocenters. The molecular weight excluding hydrogens is 276 g/mol. The van der Waals surface area contributed by atoms with E-state index >= 15 is 0 Å². The van der Waals surface area contributed by atoms with Gasteiger partial charge in [-0.2, -0.15) is 0 Å². The number of aliphatic hydroxyl groups is 1. The summed E-state index contributed by atoms with van der Waals surface area (Å²) in [6.07, 6.45) is 8.36. The topological polar surface area (TPSA) is 54.4 Å². The second-order valence-electron chi connectivity index (χ2n) is 8.59. The molecule has 120 valence electrons. The van der Waals surface area contributed by atoms with Crippen LogP contribution in [0.1, 0.15) is 58.8 Å². The first-order valence-electron chi connectivity index (χ1n) is 8.84. The summed E-state index contributed by atoms with van der Waals surface area (Å²) in [5.41, 5.74) is -0.111. The molecule has 0 amide bonds. The molecule has 1 N–H and O–H groups in total. The highest BCUT2D eigenvalue weighted by molar-refractivity contribution is 5.96. The maximum atomic E-state index is 12.4. The van der Waals surface area contributed by atoms with E-state index in [-0.39, 0.29) is 28.3 Å². The van der Waals surface area contributed by atoms with E-state index in [0.717, 1.165) is 44.9 Å². The van der Waals surface area contributed by atoms with E-state index in [2.05, 4.69) is 13.8 Å². The Morgan fingerprint density at radius 1 is 1.09 bits per heavy atom. The number of carbonyl (C=O) groups is 2. The summed E-state index contributed by atoms with van der Waals surface area (Å²) in [6.45, 7) is 4.45. The Labute approximate surface area is 132 Å². The molecule has 0 spiro atoms. The van der Waals surface area contributed by atoms with E-state index in [1.165, 1.54) is 0 Å². The van der Waals surface area contributed by atoms with Crippen molar-refractivity contribution in [3.8, 4) is 0 Å². The molecule has 0 heterocycles. The van der Waals surface area contributed by atoms with Crippen LogP contribution in [-0.2, 0) is 9.59 Å². The first-order valence-corrected chi connectivity index (χ1v) is 8.84. The van der Waals surface area contributed by atoms with Crippen LogP contribution in [0.3, 0.4) is 0 Å². The van der Waals surface area contributed by atoms with Gasteiger partial charge in [-0.1, -0.05) is 13.8 Å². The lowest BCUT2D eigenvalue weighted by molar-refractivity contribution is -0.146. The minimum atomic E-state index is -0.0962. The highest BCUT2D eigenvalue weighted by Crippen LogP contribution is 2.64. The lowest BCUT2D eigenvalue weighted by atomic mass is 9.46. The number of hydrogen-bond acceptors (Lipinski definition) is 3. The number of allylic oxidation sites excluding steroid dienone is 2. The molecule has 3 fully saturated rings. The highest BCUT2D eigenvalue weighted by Gasteiger charge is 2.61. The zero-order chi connectivity index (χ0) is 15.7. The van der Waals surface area contributed by atoms with Crippen molar-refractivity contribution in [1.82, 2.24) is 0 Å². The van der Waals surface area contributed by atoms with E-state index in [1.54, 1.807) is 6.08 Å². The summed E-state index contributed by atoms with van der Waals surface area (Å²) >= 11 is 0. The van der Waals surface area contributed by atoms with Gasteiger partial charge in [0.25, 0.3) is 0 Å². The molecule has 0 bridgehead atoms. The van der Waals surface area contributed by atoms with Crippen molar-refractivity contribution in [3.63, 3.8) is 0 Å².